The van der Waals surface area contributed by atoms with Gasteiger partial charge in [-0.05, 0) is 76.2 Å². The van der Waals surface area contributed by atoms with Gasteiger partial charge in [-0.25, -0.2) is 0 Å². The number of nitro groups is 2. The summed E-state index contributed by atoms with van der Waals surface area (Å²) in [6, 6.07) is 17.7. The van der Waals surface area contributed by atoms with Crippen molar-refractivity contribution in [1.82, 2.24) is 0 Å². The number of hydrogen-bond acceptors (Lipinski definition) is 10. The normalized spacial score (nSPS) is 13.0. The fraction of sp³-hybridized carbons (Fsp3) is 0.235. The predicted molar refractivity (Wildman–Crippen MR) is 198 cm³/mol. The van der Waals surface area contributed by atoms with Gasteiger partial charge in [-0.3, -0.25) is 29.8 Å². The van der Waals surface area contributed by atoms with Crippen molar-refractivity contribution in [1.29, 1.82) is 0 Å². The molecule has 0 aliphatic heterocycles. The maximum absolute atomic E-state index is 12.3. The Bertz CT molecular complexity index is 1850. The Hall–Kier alpha value is -4.70. The minimum absolute atomic E-state index is 0.0614. The average molecular weight is 798 g/mol. The second kappa shape index (κ2) is 17.7. The number of nitro benzene ring substituents is 2. The van der Waals surface area contributed by atoms with Crippen molar-refractivity contribution >= 4 is 81.0 Å². The van der Waals surface area contributed by atoms with Gasteiger partial charge in [0.2, 0.25) is 0 Å². The van der Waals surface area contributed by atoms with E-state index in [1.807, 2.05) is 0 Å². The van der Waals surface area contributed by atoms with Crippen molar-refractivity contribution in [2.24, 2.45) is 0 Å². The summed E-state index contributed by atoms with van der Waals surface area (Å²) in [7, 11) is 0. The molecule has 0 aromatic heterocycles. The molecule has 52 heavy (non-hydrogen) atoms. The highest BCUT2D eigenvalue weighted by Gasteiger charge is 2.33. The van der Waals surface area contributed by atoms with Crippen LogP contribution in [0.2, 0.25) is 20.1 Å². The number of halogens is 4. The van der Waals surface area contributed by atoms with E-state index in [2.05, 4.69) is 10.6 Å². The number of amides is 2. The molecule has 0 radical (unpaired) electrons. The van der Waals surface area contributed by atoms with E-state index in [0.29, 0.717) is 22.5 Å². The first-order valence-electron chi connectivity index (χ1n) is 14.9. The summed E-state index contributed by atoms with van der Waals surface area (Å²) in [6.45, 7) is 4.92. The molecule has 0 spiro atoms. The molecule has 0 saturated heterocycles. The third kappa shape index (κ3) is 11.1. The number of benzene rings is 4. The van der Waals surface area contributed by atoms with Crippen LogP contribution in [0.3, 0.4) is 0 Å². The van der Waals surface area contributed by atoms with Crippen molar-refractivity contribution in [3.63, 3.8) is 0 Å². The molecule has 4 aromatic rings. The zero-order chi connectivity index (χ0) is 39.0. The summed E-state index contributed by atoms with van der Waals surface area (Å²) in [5.74, 6) is -0.996. The fourth-order valence-corrected chi connectivity index (χ4v) is 4.86. The van der Waals surface area contributed by atoms with Crippen LogP contribution in [0, 0.1) is 34.1 Å². The van der Waals surface area contributed by atoms with Crippen LogP contribution in [0.1, 0.15) is 25.0 Å². The van der Waals surface area contributed by atoms with Crippen LogP contribution in [0.4, 0.5) is 22.7 Å². The monoisotopic (exact) mass is 796 g/mol. The van der Waals surface area contributed by atoms with Crippen LogP contribution in [-0.4, -0.2) is 56.3 Å². The molecule has 0 saturated carbocycles. The number of anilines is 2. The molecule has 2 atom stereocenters. The second-order valence-electron chi connectivity index (χ2n) is 11.7. The number of nitrogens with one attached hydrogen (secondary N) is 2. The number of aryl methyl sites for hydroxylation is 2. The Balaban J connectivity index is 0.000000280. The van der Waals surface area contributed by atoms with Crippen LogP contribution < -0.4 is 20.1 Å². The second-order valence-corrected chi connectivity index (χ2v) is 13.2. The summed E-state index contributed by atoms with van der Waals surface area (Å²) in [4.78, 5) is 45.2. The third-order valence-corrected chi connectivity index (χ3v) is 8.73. The summed E-state index contributed by atoms with van der Waals surface area (Å²) in [5.41, 5.74) is -2.47. The zero-order valence-electron chi connectivity index (χ0n) is 27.9. The minimum Gasteiger partial charge on any atom is -0.488 e. The van der Waals surface area contributed by atoms with E-state index in [-0.39, 0.29) is 56.2 Å². The van der Waals surface area contributed by atoms with Crippen LogP contribution in [-0.2, 0) is 9.59 Å². The molecular formula is C34H32Cl4N4O10. The number of hydrogen-bond donors (Lipinski definition) is 4. The maximum atomic E-state index is 12.3. The van der Waals surface area contributed by atoms with Gasteiger partial charge in [0.25, 0.3) is 23.2 Å². The highest BCUT2D eigenvalue weighted by atomic mass is 35.5. The van der Waals surface area contributed by atoms with Crippen molar-refractivity contribution in [3.8, 4) is 11.5 Å². The quantitative estimate of drug-likeness (QED) is 0.0804. The Morgan fingerprint density at radius 3 is 1.33 bits per heavy atom. The molecule has 276 valence electrons. The highest BCUT2D eigenvalue weighted by molar-refractivity contribution is 6.43. The van der Waals surface area contributed by atoms with E-state index < -0.39 is 32.9 Å². The van der Waals surface area contributed by atoms with Crippen LogP contribution in [0.15, 0.2) is 72.8 Å². The van der Waals surface area contributed by atoms with Crippen LogP contribution >= 0.6 is 46.4 Å². The summed E-state index contributed by atoms with van der Waals surface area (Å²) >= 11 is 23.8. The molecule has 0 aliphatic carbocycles. The standard InChI is InChI=1S/2C17H16Cl2N2O5/c2*1-10-8-11(6-7-13(10)21(24)25)20-16(22)17(2,23)9-26-14-5-3-4-12(18)15(14)19/h2*3-8,23H,9H2,1-2H3,(H,20,22). The van der Waals surface area contributed by atoms with E-state index in [9.17, 15) is 40.0 Å². The van der Waals surface area contributed by atoms with Gasteiger partial charge in [0.05, 0.1) is 19.9 Å². The largest absolute Gasteiger partial charge is 0.488 e. The molecule has 14 nitrogen and oxygen atoms in total. The Morgan fingerprint density at radius 1 is 0.673 bits per heavy atom. The molecule has 0 fully saturated rings. The van der Waals surface area contributed by atoms with Crippen molar-refractivity contribution in [2.45, 2.75) is 38.9 Å². The average Bonchev–Trinajstić information content (AvgIpc) is 3.06. The molecule has 2 unspecified atom stereocenters. The van der Waals surface area contributed by atoms with Gasteiger partial charge < -0.3 is 30.3 Å². The van der Waals surface area contributed by atoms with Crippen LogP contribution in [0.25, 0.3) is 0 Å². The Labute approximate surface area is 317 Å². The molecule has 18 heteroatoms. The Kier molecular flexibility index (Phi) is 14.2. The molecule has 0 heterocycles. The SMILES string of the molecule is Cc1cc(NC(=O)C(C)(O)COc2cccc(Cl)c2Cl)ccc1[N+](=O)[O-].Cc1cc(NC(=O)C(C)(O)COc2cccc(Cl)c2Cl)ccc1[N+](=O)[O-]. The lowest BCUT2D eigenvalue weighted by Crippen LogP contribution is -2.45. The van der Waals surface area contributed by atoms with E-state index in [0.717, 1.165) is 0 Å². The van der Waals surface area contributed by atoms with Gasteiger partial charge in [-0.1, -0.05) is 58.5 Å². The van der Waals surface area contributed by atoms with Gasteiger partial charge >= 0.3 is 0 Å². The third-order valence-electron chi connectivity index (χ3n) is 7.13. The van der Waals surface area contributed by atoms with Gasteiger partial charge in [-0.2, -0.15) is 0 Å². The molecule has 4 rings (SSSR count). The number of aliphatic hydroxyl groups is 2. The fourth-order valence-electron chi connectivity index (χ4n) is 4.17. The molecule has 0 aliphatic rings. The molecule has 2 amide bonds. The summed E-state index contributed by atoms with van der Waals surface area (Å²) in [6.07, 6.45) is 0. The zero-order valence-corrected chi connectivity index (χ0v) is 30.9. The van der Waals surface area contributed by atoms with E-state index in [1.165, 1.54) is 50.2 Å². The van der Waals surface area contributed by atoms with Gasteiger partial charge in [0, 0.05) is 34.6 Å². The predicted octanol–water partition coefficient (Wildman–Crippen LogP) is 7.96. The topological polar surface area (TPSA) is 203 Å². The summed E-state index contributed by atoms with van der Waals surface area (Å²) < 4.78 is 10.8. The minimum atomic E-state index is -1.87. The number of carbonyl (C=O) groups excluding carboxylic acids is 2. The van der Waals surface area contributed by atoms with Crippen molar-refractivity contribution < 1.29 is 39.1 Å². The number of rotatable bonds is 12. The molecular weight excluding hydrogens is 766 g/mol. The lowest BCUT2D eigenvalue weighted by Gasteiger charge is -2.23. The number of ether oxygens (including phenoxy) is 2. The van der Waals surface area contributed by atoms with Crippen molar-refractivity contribution in [3.05, 3.63) is 124 Å². The highest BCUT2D eigenvalue weighted by Crippen LogP contribution is 2.33. The van der Waals surface area contributed by atoms with Gasteiger partial charge in [0.1, 0.15) is 34.8 Å². The van der Waals surface area contributed by atoms with E-state index in [4.69, 9.17) is 55.9 Å². The molecule has 4 N–H and O–H groups in total. The first-order chi connectivity index (χ1) is 24.2. The maximum Gasteiger partial charge on any atom is 0.272 e. The number of carbonyl (C=O) groups is 2. The van der Waals surface area contributed by atoms with E-state index >= 15 is 0 Å². The molecule has 4 aromatic carbocycles. The first-order valence-corrected chi connectivity index (χ1v) is 16.5. The molecule has 0 bridgehead atoms. The first kappa shape index (κ1) is 41.7. The summed E-state index contributed by atoms with van der Waals surface area (Å²) in [5, 5.41) is 48.3. The lowest BCUT2D eigenvalue weighted by atomic mass is 10.1. The number of nitrogens with zero attached hydrogens (tertiary/aromatic N) is 2. The van der Waals surface area contributed by atoms with Gasteiger partial charge in [0.15, 0.2) is 11.2 Å². The lowest BCUT2D eigenvalue weighted by molar-refractivity contribution is -0.385. The smallest absolute Gasteiger partial charge is 0.272 e. The van der Waals surface area contributed by atoms with Crippen LogP contribution in [0.5, 0.6) is 11.5 Å². The van der Waals surface area contributed by atoms with E-state index in [1.54, 1.807) is 50.2 Å². The van der Waals surface area contributed by atoms with Crippen molar-refractivity contribution in [2.75, 3.05) is 23.8 Å². The Morgan fingerprint density at radius 2 is 1.02 bits per heavy atom. The van der Waals surface area contributed by atoms with Gasteiger partial charge in [-0.15, -0.1) is 0 Å².